The first-order valence-corrected chi connectivity index (χ1v) is 8.14. The molecule has 0 bridgehead atoms. The van der Waals surface area contributed by atoms with Crippen LogP contribution < -0.4 is 10.6 Å². The van der Waals surface area contributed by atoms with E-state index in [1.54, 1.807) is 0 Å². The van der Waals surface area contributed by atoms with Crippen LogP contribution in [-0.2, 0) is 12.8 Å². The van der Waals surface area contributed by atoms with E-state index in [0.717, 1.165) is 45.2 Å². The predicted molar refractivity (Wildman–Crippen MR) is 93.0 cm³/mol. The summed E-state index contributed by atoms with van der Waals surface area (Å²) >= 11 is 0. The van der Waals surface area contributed by atoms with E-state index in [0.29, 0.717) is 6.04 Å². The van der Waals surface area contributed by atoms with Gasteiger partial charge in [-0.2, -0.15) is 0 Å². The van der Waals surface area contributed by atoms with Crippen LogP contribution in [0.4, 0.5) is 5.69 Å². The predicted octanol–water partition coefficient (Wildman–Crippen LogP) is 4.09. The lowest BCUT2D eigenvalue weighted by molar-refractivity contribution is 0.627. The standard InChI is InChI=1S/C19H28N2/c1-3-5-6-8-18(7-4-2)21-19-10-9-16-11-13-20-14-12-17(16)15-19/h3-4,9-10,15,18,20-21H,1-2,5-8,11-14H2. The molecular formula is C19H28N2. The number of benzene rings is 1. The fraction of sp³-hybridized carbons (Fsp3) is 0.474. The molecule has 2 heteroatoms. The minimum absolute atomic E-state index is 0.476. The lowest BCUT2D eigenvalue weighted by atomic mass is 10.0. The lowest BCUT2D eigenvalue weighted by Gasteiger charge is -2.19. The molecule has 114 valence electrons. The van der Waals surface area contributed by atoms with E-state index in [4.69, 9.17) is 0 Å². The number of hydrogen-bond donors (Lipinski definition) is 2. The average Bonchev–Trinajstić information content (AvgIpc) is 2.72. The SMILES string of the molecule is C=CCCCC(CC=C)Nc1ccc2c(c1)CCNCC2. The van der Waals surface area contributed by atoms with Crippen molar-refractivity contribution in [3.63, 3.8) is 0 Å². The summed E-state index contributed by atoms with van der Waals surface area (Å²) in [6, 6.07) is 7.34. The molecule has 1 heterocycles. The maximum absolute atomic E-state index is 3.88. The molecule has 0 fully saturated rings. The number of rotatable bonds is 8. The first kappa shape index (κ1) is 15.8. The average molecular weight is 284 g/mol. The maximum atomic E-state index is 3.88. The van der Waals surface area contributed by atoms with E-state index in [-0.39, 0.29) is 0 Å². The van der Waals surface area contributed by atoms with Crippen LogP contribution in [0.15, 0.2) is 43.5 Å². The maximum Gasteiger partial charge on any atom is 0.0345 e. The summed E-state index contributed by atoms with van der Waals surface area (Å²) in [6.07, 6.45) is 10.7. The highest BCUT2D eigenvalue weighted by molar-refractivity contribution is 5.50. The molecule has 0 aliphatic carbocycles. The van der Waals surface area contributed by atoms with E-state index in [9.17, 15) is 0 Å². The van der Waals surface area contributed by atoms with Crippen LogP contribution in [0.3, 0.4) is 0 Å². The summed E-state index contributed by atoms with van der Waals surface area (Å²) in [6.45, 7) is 9.87. The van der Waals surface area contributed by atoms with E-state index in [1.165, 1.54) is 23.2 Å². The zero-order chi connectivity index (χ0) is 14.9. The summed E-state index contributed by atoms with van der Waals surface area (Å²) < 4.78 is 0. The number of nitrogens with one attached hydrogen (secondary N) is 2. The van der Waals surface area contributed by atoms with Gasteiger partial charge in [0.05, 0.1) is 0 Å². The van der Waals surface area contributed by atoms with Gasteiger partial charge in [0.25, 0.3) is 0 Å². The Balaban J connectivity index is 2.00. The Bertz CT molecular complexity index is 465. The molecule has 0 aromatic heterocycles. The summed E-state index contributed by atoms with van der Waals surface area (Å²) in [5.74, 6) is 0. The molecule has 1 aliphatic rings. The fourth-order valence-corrected chi connectivity index (χ4v) is 2.96. The number of unbranched alkanes of at least 4 members (excludes halogenated alkanes) is 1. The van der Waals surface area contributed by atoms with Crippen molar-refractivity contribution in [2.45, 2.75) is 44.6 Å². The normalized spacial score (nSPS) is 15.6. The second-order valence-electron chi connectivity index (χ2n) is 5.82. The van der Waals surface area contributed by atoms with Gasteiger partial charge in [0, 0.05) is 11.7 Å². The number of hydrogen-bond acceptors (Lipinski definition) is 2. The summed E-state index contributed by atoms with van der Waals surface area (Å²) in [4.78, 5) is 0. The van der Waals surface area contributed by atoms with Gasteiger partial charge in [0.1, 0.15) is 0 Å². The Morgan fingerprint density at radius 1 is 1.14 bits per heavy atom. The fourth-order valence-electron chi connectivity index (χ4n) is 2.96. The van der Waals surface area contributed by atoms with Gasteiger partial charge in [0.15, 0.2) is 0 Å². The molecule has 0 spiro atoms. The second-order valence-corrected chi connectivity index (χ2v) is 5.82. The van der Waals surface area contributed by atoms with Crippen LogP contribution in [0.1, 0.15) is 36.8 Å². The van der Waals surface area contributed by atoms with Crippen molar-refractivity contribution in [1.29, 1.82) is 0 Å². The largest absolute Gasteiger partial charge is 0.382 e. The van der Waals surface area contributed by atoms with Crippen LogP contribution >= 0.6 is 0 Å². The van der Waals surface area contributed by atoms with Gasteiger partial charge in [-0.05, 0) is 74.9 Å². The molecule has 1 aromatic rings. The summed E-state index contributed by atoms with van der Waals surface area (Å²) in [5, 5.41) is 7.15. The summed E-state index contributed by atoms with van der Waals surface area (Å²) in [5.41, 5.74) is 4.24. The second kappa shape index (κ2) is 8.68. The number of allylic oxidation sites excluding steroid dienone is 1. The lowest BCUT2D eigenvalue weighted by Crippen LogP contribution is -2.18. The number of fused-ring (bicyclic) bond motifs is 1. The van der Waals surface area contributed by atoms with Crippen LogP contribution in [0, 0.1) is 0 Å². The molecule has 2 rings (SSSR count). The van der Waals surface area contributed by atoms with Crippen LogP contribution in [0.5, 0.6) is 0 Å². The molecule has 1 aliphatic heterocycles. The molecule has 1 aromatic carbocycles. The first-order chi connectivity index (χ1) is 10.3. The van der Waals surface area contributed by atoms with E-state index >= 15 is 0 Å². The van der Waals surface area contributed by atoms with Gasteiger partial charge in [-0.15, -0.1) is 13.2 Å². The van der Waals surface area contributed by atoms with Gasteiger partial charge in [0.2, 0.25) is 0 Å². The number of anilines is 1. The van der Waals surface area contributed by atoms with Crippen molar-refractivity contribution < 1.29 is 0 Å². The molecule has 0 amide bonds. The minimum atomic E-state index is 0.476. The molecule has 0 saturated carbocycles. The zero-order valence-electron chi connectivity index (χ0n) is 13.0. The third kappa shape index (κ3) is 5.05. The van der Waals surface area contributed by atoms with Crippen molar-refractivity contribution in [2.24, 2.45) is 0 Å². The molecule has 0 saturated heterocycles. The first-order valence-electron chi connectivity index (χ1n) is 8.14. The van der Waals surface area contributed by atoms with Crippen molar-refractivity contribution in [2.75, 3.05) is 18.4 Å². The Morgan fingerprint density at radius 3 is 2.71 bits per heavy atom. The van der Waals surface area contributed by atoms with E-state index in [1.807, 2.05) is 12.2 Å². The topological polar surface area (TPSA) is 24.1 Å². The van der Waals surface area contributed by atoms with Gasteiger partial charge >= 0.3 is 0 Å². The minimum Gasteiger partial charge on any atom is -0.382 e. The van der Waals surface area contributed by atoms with Gasteiger partial charge in [-0.25, -0.2) is 0 Å². The van der Waals surface area contributed by atoms with Crippen molar-refractivity contribution in [1.82, 2.24) is 5.32 Å². The Labute approximate surface area is 129 Å². The van der Waals surface area contributed by atoms with Gasteiger partial charge in [-0.3, -0.25) is 0 Å². The zero-order valence-corrected chi connectivity index (χ0v) is 13.0. The molecule has 21 heavy (non-hydrogen) atoms. The van der Waals surface area contributed by atoms with Crippen molar-refractivity contribution >= 4 is 5.69 Å². The third-order valence-corrected chi connectivity index (χ3v) is 4.13. The molecule has 2 nitrogen and oxygen atoms in total. The molecule has 0 radical (unpaired) electrons. The molecule has 2 N–H and O–H groups in total. The molecular weight excluding hydrogens is 256 g/mol. The van der Waals surface area contributed by atoms with Crippen LogP contribution in [0.25, 0.3) is 0 Å². The Morgan fingerprint density at radius 2 is 1.95 bits per heavy atom. The van der Waals surface area contributed by atoms with Crippen molar-refractivity contribution in [3.05, 3.63) is 54.6 Å². The highest BCUT2D eigenvalue weighted by Crippen LogP contribution is 2.21. The Hall–Kier alpha value is -1.54. The molecule has 1 atom stereocenters. The highest BCUT2D eigenvalue weighted by Gasteiger charge is 2.10. The highest BCUT2D eigenvalue weighted by atomic mass is 14.9. The van der Waals surface area contributed by atoms with Crippen molar-refractivity contribution in [3.8, 4) is 0 Å². The molecule has 1 unspecified atom stereocenters. The van der Waals surface area contributed by atoms with Gasteiger partial charge in [-0.1, -0.05) is 18.2 Å². The monoisotopic (exact) mass is 284 g/mol. The quantitative estimate of drug-likeness (QED) is 0.555. The smallest absolute Gasteiger partial charge is 0.0345 e. The van der Waals surface area contributed by atoms with E-state index < -0.39 is 0 Å². The summed E-state index contributed by atoms with van der Waals surface area (Å²) in [7, 11) is 0. The third-order valence-electron chi connectivity index (χ3n) is 4.13. The van der Waals surface area contributed by atoms with Crippen LogP contribution in [-0.4, -0.2) is 19.1 Å². The van der Waals surface area contributed by atoms with Crippen LogP contribution in [0.2, 0.25) is 0 Å². The van der Waals surface area contributed by atoms with E-state index in [2.05, 4.69) is 42.0 Å². The Kier molecular flexibility index (Phi) is 6.55. The van der Waals surface area contributed by atoms with Gasteiger partial charge < -0.3 is 10.6 Å².